The summed E-state index contributed by atoms with van der Waals surface area (Å²) in [6, 6.07) is 19.0. The standard InChI is InChI=1S/C26H27ClFN3/c27-24-10-7-21(28)16-23(24)25-11-9-22(29-30-25)8-6-20-17-26(20)12-14-31(15-13-26)18-19-4-2-1-3-5-19/h1-5,7,9-11,16,20H,6,8,12-15,17-18H2/t20-/m1/s1. The lowest BCUT2D eigenvalue weighted by Gasteiger charge is -2.33. The zero-order chi connectivity index (χ0) is 21.3. The molecular weight excluding hydrogens is 409 g/mol. The Kier molecular flexibility index (Phi) is 5.77. The molecule has 31 heavy (non-hydrogen) atoms. The predicted molar refractivity (Wildman–Crippen MR) is 122 cm³/mol. The second-order valence-electron chi connectivity index (χ2n) is 9.10. The Balaban J connectivity index is 1.12. The van der Waals surface area contributed by atoms with E-state index >= 15 is 0 Å². The van der Waals surface area contributed by atoms with Gasteiger partial charge in [0.1, 0.15) is 5.82 Å². The maximum absolute atomic E-state index is 13.5. The molecule has 3 aromatic rings. The molecule has 5 rings (SSSR count). The lowest BCUT2D eigenvalue weighted by Crippen LogP contribution is -2.34. The minimum Gasteiger partial charge on any atom is -0.299 e. The molecule has 0 amide bonds. The third-order valence-corrected chi connectivity index (χ3v) is 7.46. The normalized spacial score (nSPS) is 20.1. The Labute approximate surface area is 188 Å². The molecule has 0 bridgehead atoms. The quantitative estimate of drug-likeness (QED) is 0.463. The molecule has 0 unspecified atom stereocenters. The number of nitrogens with zero attached hydrogens (tertiary/aromatic N) is 3. The van der Waals surface area contributed by atoms with Crippen LogP contribution in [0.5, 0.6) is 0 Å². The number of hydrogen-bond acceptors (Lipinski definition) is 3. The largest absolute Gasteiger partial charge is 0.299 e. The van der Waals surface area contributed by atoms with Crippen LogP contribution >= 0.6 is 11.6 Å². The van der Waals surface area contributed by atoms with Crippen molar-refractivity contribution in [3.8, 4) is 11.3 Å². The Bertz CT molecular complexity index is 1030. The Hall–Kier alpha value is -2.30. The van der Waals surface area contributed by atoms with Gasteiger partial charge in [0, 0.05) is 12.1 Å². The molecule has 1 aromatic heterocycles. The maximum atomic E-state index is 13.5. The lowest BCUT2D eigenvalue weighted by atomic mass is 9.89. The van der Waals surface area contributed by atoms with Gasteiger partial charge in [-0.3, -0.25) is 4.90 Å². The molecule has 1 aliphatic carbocycles. The van der Waals surface area contributed by atoms with Crippen molar-refractivity contribution < 1.29 is 4.39 Å². The first-order chi connectivity index (χ1) is 15.1. The Morgan fingerprint density at radius 1 is 1.00 bits per heavy atom. The molecule has 0 radical (unpaired) electrons. The highest BCUT2D eigenvalue weighted by molar-refractivity contribution is 6.33. The van der Waals surface area contributed by atoms with Crippen LogP contribution in [0.25, 0.3) is 11.3 Å². The zero-order valence-corrected chi connectivity index (χ0v) is 18.4. The summed E-state index contributed by atoms with van der Waals surface area (Å²) >= 11 is 6.18. The van der Waals surface area contributed by atoms with Crippen LogP contribution < -0.4 is 0 Å². The highest BCUT2D eigenvalue weighted by atomic mass is 35.5. The van der Waals surface area contributed by atoms with E-state index in [-0.39, 0.29) is 5.82 Å². The van der Waals surface area contributed by atoms with Crippen molar-refractivity contribution in [2.45, 2.75) is 38.6 Å². The molecule has 1 atom stereocenters. The summed E-state index contributed by atoms with van der Waals surface area (Å²) in [4.78, 5) is 2.59. The second-order valence-corrected chi connectivity index (χ2v) is 9.51. The maximum Gasteiger partial charge on any atom is 0.123 e. The van der Waals surface area contributed by atoms with E-state index in [1.165, 1.54) is 56.5 Å². The molecule has 2 fully saturated rings. The van der Waals surface area contributed by atoms with Crippen LogP contribution in [-0.2, 0) is 13.0 Å². The van der Waals surface area contributed by atoms with Crippen molar-refractivity contribution in [3.63, 3.8) is 0 Å². The second kappa shape index (κ2) is 8.68. The predicted octanol–water partition coefficient (Wildman–Crippen LogP) is 6.17. The monoisotopic (exact) mass is 435 g/mol. The third kappa shape index (κ3) is 4.65. The van der Waals surface area contributed by atoms with Gasteiger partial charge in [-0.25, -0.2) is 4.39 Å². The highest BCUT2D eigenvalue weighted by Crippen LogP contribution is 2.61. The average Bonchev–Trinajstić information content (AvgIpc) is 3.48. The molecule has 0 N–H and O–H groups in total. The first-order valence-electron chi connectivity index (χ1n) is 11.2. The van der Waals surface area contributed by atoms with Crippen molar-refractivity contribution in [2.24, 2.45) is 11.3 Å². The van der Waals surface area contributed by atoms with Crippen molar-refractivity contribution in [1.82, 2.24) is 15.1 Å². The number of halogens is 2. The lowest BCUT2D eigenvalue weighted by molar-refractivity contribution is 0.155. The van der Waals surface area contributed by atoms with E-state index in [1.54, 1.807) is 6.07 Å². The van der Waals surface area contributed by atoms with E-state index in [1.807, 2.05) is 12.1 Å². The molecule has 1 saturated carbocycles. The van der Waals surface area contributed by atoms with Crippen LogP contribution in [0, 0.1) is 17.2 Å². The minimum atomic E-state index is -0.320. The number of aryl methyl sites for hydroxylation is 1. The van der Waals surface area contributed by atoms with Gasteiger partial charge in [0.05, 0.1) is 16.4 Å². The first-order valence-corrected chi connectivity index (χ1v) is 11.5. The number of hydrogen-bond donors (Lipinski definition) is 0. The summed E-state index contributed by atoms with van der Waals surface area (Å²) in [5, 5.41) is 9.16. The topological polar surface area (TPSA) is 29.0 Å². The summed E-state index contributed by atoms with van der Waals surface area (Å²) in [6.07, 6.45) is 6.11. The van der Waals surface area contributed by atoms with E-state index in [2.05, 4.69) is 45.4 Å². The fourth-order valence-corrected chi connectivity index (χ4v) is 5.32. The molecule has 1 spiro atoms. The van der Waals surface area contributed by atoms with Crippen LogP contribution in [0.4, 0.5) is 4.39 Å². The van der Waals surface area contributed by atoms with Crippen molar-refractivity contribution in [2.75, 3.05) is 13.1 Å². The Morgan fingerprint density at radius 2 is 1.81 bits per heavy atom. The van der Waals surface area contributed by atoms with Crippen LogP contribution in [0.3, 0.4) is 0 Å². The van der Waals surface area contributed by atoms with Crippen LogP contribution in [0.1, 0.15) is 36.9 Å². The third-order valence-electron chi connectivity index (χ3n) is 7.13. The number of likely N-dealkylation sites (tertiary alicyclic amines) is 1. The van der Waals surface area contributed by atoms with Gasteiger partial charge in [-0.1, -0.05) is 41.9 Å². The molecule has 5 heteroatoms. The molecule has 160 valence electrons. The summed E-state index contributed by atoms with van der Waals surface area (Å²) < 4.78 is 13.5. The van der Waals surface area contributed by atoms with Gasteiger partial charge >= 0.3 is 0 Å². The van der Waals surface area contributed by atoms with Gasteiger partial charge in [-0.15, -0.1) is 0 Å². The van der Waals surface area contributed by atoms with Gasteiger partial charge < -0.3 is 0 Å². The SMILES string of the molecule is Fc1ccc(Cl)c(-c2ccc(CC[C@@H]3CC34CCN(Cc3ccccc3)CC4)nn2)c1. The van der Waals surface area contributed by atoms with Crippen molar-refractivity contribution in [1.29, 1.82) is 0 Å². The summed E-state index contributed by atoms with van der Waals surface area (Å²) in [7, 11) is 0. The molecule has 2 aliphatic rings. The molecule has 1 aliphatic heterocycles. The molecule has 1 saturated heterocycles. The van der Waals surface area contributed by atoms with E-state index < -0.39 is 0 Å². The first kappa shape index (κ1) is 20.6. The minimum absolute atomic E-state index is 0.320. The van der Waals surface area contributed by atoms with Gasteiger partial charge in [-0.2, -0.15) is 10.2 Å². The van der Waals surface area contributed by atoms with Crippen molar-refractivity contribution in [3.05, 3.63) is 82.8 Å². The Morgan fingerprint density at radius 3 is 2.55 bits per heavy atom. The fraction of sp³-hybridized carbons (Fsp3) is 0.385. The van der Waals surface area contributed by atoms with Gasteiger partial charge in [0.25, 0.3) is 0 Å². The smallest absolute Gasteiger partial charge is 0.123 e. The highest BCUT2D eigenvalue weighted by Gasteiger charge is 2.53. The van der Waals surface area contributed by atoms with Crippen LogP contribution in [0.15, 0.2) is 60.7 Å². The van der Waals surface area contributed by atoms with E-state index in [4.69, 9.17) is 11.6 Å². The summed E-state index contributed by atoms with van der Waals surface area (Å²) in [5.41, 5.74) is 4.17. The van der Waals surface area contributed by atoms with Gasteiger partial charge in [0.2, 0.25) is 0 Å². The van der Waals surface area contributed by atoms with Crippen LogP contribution in [0.2, 0.25) is 5.02 Å². The average molecular weight is 436 g/mol. The fourth-order valence-electron chi connectivity index (χ4n) is 5.10. The van der Waals surface area contributed by atoms with Gasteiger partial charge in [-0.05, 0) is 92.4 Å². The zero-order valence-electron chi connectivity index (χ0n) is 17.6. The molecule has 2 heterocycles. The number of aromatic nitrogens is 2. The summed E-state index contributed by atoms with van der Waals surface area (Å²) in [6.45, 7) is 3.47. The number of rotatable bonds is 6. The molecular formula is C26H27ClFN3. The summed E-state index contributed by atoms with van der Waals surface area (Å²) in [5.74, 6) is 0.490. The number of benzene rings is 2. The van der Waals surface area contributed by atoms with E-state index in [0.717, 1.165) is 24.6 Å². The molecule has 3 nitrogen and oxygen atoms in total. The molecule has 2 aromatic carbocycles. The number of piperidine rings is 1. The van der Waals surface area contributed by atoms with Gasteiger partial charge in [0.15, 0.2) is 0 Å². The van der Waals surface area contributed by atoms with E-state index in [9.17, 15) is 4.39 Å². The van der Waals surface area contributed by atoms with Crippen LogP contribution in [-0.4, -0.2) is 28.2 Å². The van der Waals surface area contributed by atoms with Crippen molar-refractivity contribution >= 4 is 11.6 Å². The van der Waals surface area contributed by atoms with E-state index in [0.29, 0.717) is 21.7 Å².